The number of carbonyl (C=O) groups excluding carboxylic acids is 2. The molecule has 1 saturated carbocycles. The van der Waals surface area contributed by atoms with Gasteiger partial charge in [-0.2, -0.15) is 5.10 Å². The van der Waals surface area contributed by atoms with Crippen LogP contribution >= 0.6 is 0 Å². The highest BCUT2D eigenvalue weighted by molar-refractivity contribution is 5.88. The average Bonchev–Trinajstić information content (AvgIpc) is 3.25. The summed E-state index contributed by atoms with van der Waals surface area (Å²) < 4.78 is 5.52. The normalized spacial score (nSPS) is 22.6. The molecule has 1 aliphatic carbocycles. The summed E-state index contributed by atoms with van der Waals surface area (Å²) in [6.45, 7) is 0.335. The summed E-state index contributed by atoms with van der Waals surface area (Å²) in [5.41, 5.74) is 0.870. The molecule has 0 aromatic carbocycles. The molecule has 2 aromatic heterocycles. The van der Waals surface area contributed by atoms with Gasteiger partial charge in [0.05, 0.1) is 24.6 Å². The van der Waals surface area contributed by atoms with Crippen LogP contribution in [0, 0.1) is 5.92 Å². The average molecular weight is 314 g/mol. The number of hydrogen-bond donors (Lipinski definition) is 2. The Morgan fingerprint density at radius 3 is 3.09 bits per heavy atom. The summed E-state index contributed by atoms with van der Waals surface area (Å²) in [6.07, 6.45) is 5.44. The largest absolute Gasteiger partial charge is 0.458 e. The van der Waals surface area contributed by atoms with E-state index in [9.17, 15) is 9.59 Å². The second-order valence-corrected chi connectivity index (χ2v) is 6.30. The van der Waals surface area contributed by atoms with Gasteiger partial charge in [-0.25, -0.2) is 4.98 Å². The van der Waals surface area contributed by atoms with E-state index in [1.54, 1.807) is 6.20 Å². The summed E-state index contributed by atoms with van der Waals surface area (Å²) in [6, 6.07) is 3.74. The number of hydrogen-bond acceptors (Lipinski definition) is 5. The number of carbonyl (C=O) groups is 2. The van der Waals surface area contributed by atoms with Crippen LogP contribution in [0.4, 0.5) is 0 Å². The summed E-state index contributed by atoms with van der Waals surface area (Å²) in [7, 11) is 0. The first kappa shape index (κ1) is 14.2. The fourth-order valence-electron chi connectivity index (χ4n) is 3.78. The molecule has 7 nitrogen and oxygen atoms in total. The van der Waals surface area contributed by atoms with Gasteiger partial charge in [-0.3, -0.25) is 14.7 Å². The number of nitrogens with one attached hydrogen (secondary N) is 2. The molecule has 2 fully saturated rings. The van der Waals surface area contributed by atoms with Gasteiger partial charge in [0.15, 0.2) is 5.65 Å². The lowest BCUT2D eigenvalue weighted by atomic mass is 9.85. The van der Waals surface area contributed by atoms with Crippen molar-refractivity contribution in [1.29, 1.82) is 0 Å². The van der Waals surface area contributed by atoms with E-state index in [0.717, 1.165) is 36.8 Å². The predicted octanol–water partition coefficient (Wildman–Crippen LogP) is 1.45. The molecule has 3 heterocycles. The van der Waals surface area contributed by atoms with Gasteiger partial charge < -0.3 is 10.1 Å². The van der Waals surface area contributed by atoms with E-state index in [1.807, 2.05) is 12.1 Å². The molecule has 23 heavy (non-hydrogen) atoms. The minimum atomic E-state index is -0.571. The van der Waals surface area contributed by atoms with Crippen molar-refractivity contribution < 1.29 is 14.3 Å². The van der Waals surface area contributed by atoms with Crippen LogP contribution in [0.25, 0.3) is 11.0 Å². The zero-order chi connectivity index (χ0) is 15.9. The van der Waals surface area contributed by atoms with Gasteiger partial charge in [0.25, 0.3) is 0 Å². The molecule has 1 spiro atoms. The number of ether oxygens (including phenoxy) is 1. The quantitative estimate of drug-likeness (QED) is 0.836. The molecule has 2 N–H and O–H groups in total. The van der Waals surface area contributed by atoms with Gasteiger partial charge in [-0.15, -0.1) is 0 Å². The monoisotopic (exact) mass is 314 g/mol. The van der Waals surface area contributed by atoms with Crippen LogP contribution < -0.4 is 5.32 Å². The second-order valence-electron chi connectivity index (χ2n) is 6.30. The number of esters is 1. The molecule has 0 radical (unpaired) electrons. The number of pyridine rings is 1. The fourth-order valence-corrected chi connectivity index (χ4v) is 3.78. The van der Waals surface area contributed by atoms with E-state index in [0.29, 0.717) is 12.2 Å². The van der Waals surface area contributed by atoms with Crippen molar-refractivity contribution in [3.63, 3.8) is 0 Å². The Morgan fingerprint density at radius 2 is 2.26 bits per heavy atom. The molecule has 4 rings (SSSR count). The number of rotatable bonds is 3. The Balaban J connectivity index is 1.48. The molecular formula is C16H18N4O3. The van der Waals surface area contributed by atoms with Crippen molar-refractivity contribution in [3.8, 4) is 0 Å². The highest BCUT2D eigenvalue weighted by atomic mass is 16.6. The van der Waals surface area contributed by atoms with E-state index in [-0.39, 0.29) is 24.2 Å². The lowest BCUT2D eigenvalue weighted by molar-refractivity contribution is -0.149. The SMILES string of the molecule is O=C1CC(C(=O)NCc2[nH]nc3ncccc23)C2(CCCC2)O1. The molecule has 1 atom stereocenters. The minimum absolute atomic E-state index is 0.121. The third-order valence-electron chi connectivity index (χ3n) is 4.94. The van der Waals surface area contributed by atoms with Gasteiger partial charge in [-0.1, -0.05) is 0 Å². The van der Waals surface area contributed by atoms with Gasteiger partial charge in [0.1, 0.15) is 5.60 Å². The third kappa shape index (κ3) is 2.36. The Hall–Kier alpha value is -2.44. The van der Waals surface area contributed by atoms with Gasteiger partial charge in [-0.05, 0) is 37.8 Å². The third-order valence-corrected chi connectivity index (χ3v) is 4.94. The number of H-pyrrole nitrogens is 1. The van der Waals surface area contributed by atoms with Crippen LogP contribution in [0.1, 0.15) is 37.8 Å². The molecule has 7 heteroatoms. The zero-order valence-electron chi connectivity index (χ0n) is 12.7. The Bertz CT molecular complexity index is 764. The lowest BCUT2D eigenvalue weighted by Gasteiger charge is -2.27. The Morgan fingerprint density at radius 1 is 1.43 bits per heavy atom. The molecule has 1 amide bonds. The zero-order valence-corrected chi connectivity index (χ0v) is 12.7. The molecule has 120 valence electrons. The van der Waals surface area contributed by atoms with Crippen molar-refractivity contribution in [2.24, 2.45) is 5.92 Å². The number of aromatic nitrogens is 3. The maximum absolute atomic E-state index is 12.6. The molecule has 1 aliphatic heterocycles. The number of aromatic amines is 1. The first-order valence-electron chi connectivity index (χ1n) is 7.95. The van der Waals surface area contributed by atoms with Crippen molar-refractivity contribution in [1.82, 2.24) is 20.5 Å². The summed E-state index contributed by atoms with van der Waals surface area (Å²) in [5, 5.41) is 10.8. The smallest absolute Gasteiger partial charge is 0.307 e. The summed E-state index contributed by atoms with van der Waals surface area (Å²) >= 11 is 0. The van der Waals surface area contributed by atoms with Crippen molar-refractivity contribution in [2.45, 2.75) is 44.2 Å². The standard InChI is InChI=1S/C16H18N4O3/c21-13-8-11(16(23-13)5-1-2-6-16)15(22)18-9-12-10-4-3-7-17-14(10)20-19-12/h3-4,7,11H,1-2,5-6,8-9H2,(H,18,22)(H,17,19,20). The summed E-state index contributed by atoms with van der Waals surface area (Å²) in [4.78, 5) is 28.4. The van der Waals surface area contributed by atoms with Crippen LogP contribution in [-0.2, 0) is 20.9 Å². The number of amides is 1. The van der Waals surface area contributed by atoms with Crippen molar-refractivity contribution in [2.75, 3.05) is 0 Å². The van der Waals surface area contributed by atoms with E-state index >= 15 is 0 Å². The Labute approximate surface area is 132 Å². The Kier molecular flexibility index (Phi) is 3.28. The topological polar surface area (TPSA) is 97.0 Å². The van der Waals surface area contributed by atoms with Crippen LogP contribution in [0.2, 0.25) is 0 Å². The molecular weight excluding hydrogens is 296 g/mol. The number of fused-ring (bicyclic) bond motifs is 1. The molecule has 1 unspecified atom stereocenters. The van der Waals surface area contributed by atoms with Crippen LogP contribution in [0.5, 0.6) is 0 Å². The van der Waals surface area contributed by atoms with Crippen molar-refractivity contribution in [3.05, 3.63) is 24.0 Å². The fraction of sp³-hybridized carbons (Fsp3) is 0.500. The summed E-state index contributed by atoms with van der Waals surface area (Å²) in [5.74, 6) is -0.766. The second kappa shape index (κ2) is 5.33. The molecule has 0 bridgehead atoms. The lowest BCUT2D eigenvalue weighted by Crippen LogP contribution is -2.42. The van der Waals surface area contributed by atoms with Gasteiger partial charge in [0.2, 0.25) is 5.91 Å². The van der Waals surface area contributed by atoms with E-state index < -0.39 is 5.60 Å². The predicted molar refractivity (Wildman–Crippen MR) is 81.1 cm³/mol. The van der Waals surface area contributed by atoms with E-state index in [2.05, 4.69) is 20.5 Å². The van der Waals surface area contributed by atoms with Crippen LogP contribution in [-0.4, -0.2) is 32.7 Å². The maximum atomic E-state index is 12.6. The van der Waals surface area contributed by atoms with Crippen LogP contribution in [0.15, 0.2) is 18.3 Å². The number of nitrogens with zero attached hydrogens (tertiary/aromatic N) is 2. The molecule has 2 aromatic rings. The first-order chi connectivity index (χ1) is 11.2. The van der Waals surface area contributed by atoms with E-state index in [1.165, 1.54) is 0 Å². The highest BCUT2D eigenvalue weighted by Gasteiger charge is 2.53. The van der Waals surface area contributed by atoms with E-state index in [4.69, 9.17) is 4.74 Å². The minimum Gasteiger partial charge on any atom is -0.458 e. The molecule has 2 aliphatic rings. The maximum Gasteiger partial charge on any atom is 0.307 e. The van der Waals surface area contributed by atoms with Gasteiger partial charge in [0, 0.05) is 11.6 Å². The first-order valence-corrected chi connectivity index (χ1v) is 7.95. The van der Waals surface area contributed by atoms with Crippen LogP contribution in [0.3, 0.4) is 0 Å². The highest BCUT2D eigenvalue weighted by Crippen LogP contribution is 2.45. The molecule has 1 saturated heterocycles. The van der Waals surface area contributed by atoms with Gasteiger partial charge >= 0.3 is 5.97 Å². The van der Waals surface area contributed by atoms with Crippen molar-refractivity contribution >= 4 is 22.9 Å².